The van der Waals surface area contributed by atoms with E-state index in [1.807, 2.05) is 48.7 Å². The lowest BCUT2D eigenvalue weighted by molar-refractivity contribution is 0.245. The van der Waals surface area contributed by atoms with Crippen LogP contribution in [0.25, 0.3) is 16.7 Å². The first-order valence-electron chi connectivity index (χ1n) is 9.67. The highest BCUT2D eigenvalue weighted by molar-refractivity contribution is 5.88. The van der Waals surface area contributed by atoms with Crippen molar-refractivity contribution in [3.8, 4) is 11.4 Å². The molecule has 148 valence electrons. The third kappa shape index (κ3) is 3.54. The maximum Gasteiger partial charge on any atom is 0.180 e. The van der Waals surface area contributed by atoms with E-state index in [1.165, 1.54) is 0 Å². The number of rotatable bonds is 5. The number of hydrogen-bond donors (Lipinski definition) is 0. The minimum absolute atomic E-state index is 0.781. The van der Waals surface area contributed by atoms with E-state index in [0.717, 1.165) is 66.6 Å². The molecular weight excluding hydrogens is 368 g/mol. The molecule has 1 saturated heterocycles. The quantitative estimate of drug-likeness (QED) is 0.519. The summed E-state index contributed by atoms with van der Waals surface area (Å²) in [5.74, 6) is 1.76. The van der Waals surface area contributed by atoms with Crippen molar-refractivity contribution in [1.82, 2.24) is 25.1 Å². The van der Waals surface area contributed by atoms with Crippen LogP contribution in [0.4, 0.5) is 5.82 Å². The van der Waals surface area contributed by atoms with Crippen LogP contribution in [0.1, 0.15) is 5.69 Å². The molecule has 2 aromatic heterocycles. The zero-order valence-electron chi connectivity index (χ0n) is 16.2. The van der Waals surface area contributed by atoms with Crippen molar-refractivity contribution in [3.63, 3.8) is 0 Å². The Morgan fingerprint density at radius 3 is 2.59 bits per heavy atom. The summed E-state index contributed by atoms with van der Waals surface area (Å²) in [4.78, 5) is 4.68. The second-order valence-electron chi connectivity index (χ2n) is 7.12. The molecule has 8 heteroatoms. The number of nitrogens with zero attached hydrogens (tertiary/aromatic N) is 6. The Kier molecular flexibility index (Phi) is 4.61. The van der Waals surface area contributed by atoms with Crippen LogP contribution < -0.4 is 9.64 Å². The first-order valence-corrected chi connectivity index (χ1v) is 9.67. The third-order valence-corrected chi connectivity index (χ3v) is 5.29. The Bertz CT molecular complexity index is 1100. The van der Waals surface area contributed by atoms with Gasteiger partial charge in [0.2, 0.25) is 0 Å². The van der Waals surface area contributed by atoms with Gasteiger partial charge in [-0.25, -0.2) is 4.68 Å². The number of hydrogen-bond acceptors (Lipinski definition) is 7. The molecule has 0 saturated carbocycles. The lowest BCUT2D eigenvalue weighted by Gasteiger charge is -2.34. The summed E-state index contributed by atoms with van der Waals surface area (Å²) in [6, 6.07) is 15.8. The molecule has 5 rings (SSSR count). The summed E-state index contributed by atoms with van der Waals surface area (Å²) >= 11 is 0. The standard InChI is InChI=1S/C21H22N6O2/c1-28-18-8-6-17(7-9-18)27-15-16(22-24-27)14-25-10-12-26(13-11-25)21-19-4-2-3-5-20(19)29-23-21/h2-9,15H,10-14H2,1H3. The third-order valence-electron chi connectivity index (χ3n) is 5.29. The fourth-order valence-corrected chi connectivity index (χ4v) is 3.68. The lowest BCUT2D eigenvalue weighted by atomic mass is 10.2. The summed E-state index contributed by atoms with van der Waals surface area (Å²) in [7, 11) is 1.66. The zero-order chi connectivity index (χ0) is 19.6. The number of ether oxygens (including phenoxy) is 1. The Balaban J connectivity index is 1.21. The predicted molar refractivity (Wildman–Crippen MR) is 109 cm³/mol. The van der Waals surface area contributed by atoms with Crippen LogP contribution in [-0.4, -0.2) is 58.3 Å². The molecule has 0 atom stereocenters. The van der Waals surface area contributed by atoms with Crippen LogP contribution in [0.3, 0.4) is 0 Å². The molecule has 0 N–H and O–H groups in total. The number of fused-ring (bicyclic) bond motifs is 1. The summed E-state index contributed by atoms with van der Waals surface area (Å²) in [6.45, 7) is 4.48. The highest BCUT2D eigenvalue weighted by Gasteiger charge is 2.22. The number of para-hydroxylation sites is 1. The van der Waals surface area contributed by atoms with Crippen LogP contribution >= 0.6 is 0 Å². The Morgan fingerprint density at radius 1 is 1.00 bits per heavy atom. The van der Waals surface area contributed by atoms with Crippen molar-refractivity contribution < 1.29 is 9.26 Å². The molecule has 0 bridgehead atoms. The summed E-state index contributed by atoms with van der Waals surface area (Å²) in [5.41, 5.74) is 2.76. The van der Waals surface area contributed by atoms with Crippen molar-refractivity contribution in [2.75, 3.05) is 38.2 Å². The molecule has 8 nitrogen and oxygen atoms in total. The van der Waals surface area contributed by atoms with E-state index in [2.05, 4.69) is 31.3 Å². The van der Waals surface area contributed by atoms with Crippen LogP contribution in [-0.2, 0) is 6.54 Å². The minimum Gasteiger partial charge on any atom is -0.497 e. The van der Waals surface area contributed by atoms with Gasteiger partial charge in [0.05, 0.1) is 30.1 Å². The largest absolute Gasteiger partial charge is 0.497 e. The van der Waals surface area contributed by atoms with E-state index in [9.17, 15) is 0 Å². The fourth-order valence-electron chi connectivity index (χ4n) is 3.68. The van der Waals surface area contributed by atoms with E-state index in [4.69, 9.17) is 9.26 Å². The number of aromatic nitrogens is 4. The number of piperazine rings is 1. The van der Waals surface area contributed by atoms with Gasteiger partial charge in [0.1, 0.15) is 5.75 Å². The molecule has 4 aromatic rings. The summed E-state index contributed by atoms with van der Waals surface area (Å²) < 4.78 is 12.5. The molecule has 0 unspecified atom stereocenters. The van der Waals surface area contributed by atoms with Crippen molar-refractivity contribution in [2.24, 2.45) is 0 Å². The fraction of sp³-hybridized carbons (Fsp3) is 0.286. The molecule has 1 aliphatic heterocycles. The summed E-state index contributed by atoms with van der Waals surface area (Å²) in [6.07, 6.45) is 1.99. The normalized spacial score (nSPS) is 15.1. The lowest BCUT2D eigenvalue weighted by Crippen LogP contribution is -2.46. The Morgan fingerprint density at radius 2 is 1.79 bits per heavy atom. The molecule has 1 aliphatic rings. The maximum atomic E-state index is 5.45. The Hall–Kier alpha value is -3.39. The smallest absolute Gasteiger partial charge is 0.180 e. The topological polar surface area (TPSA) is 72.5 Å². The summed E-state index contributed by atoms with van der Waals surface area (Å²) in [5, 5.41) is 13.9. The highest BCUT2D eigenvalue weighted by Crippen LogP contribution is 2.26. The van der Waals surface area contributed by atoms with Crippen molar-refractivity contribution in [1.29, 1.82) is 0 Å². The van der Waals surface area contributed by atoms with Crippen molar-refractivity contribution in [2.45, 2.75) is 6.54 Å². The highest BCUT2D eigenvalue weighted by atomic mass is 16.5. The first-order chi connectivity index (χ1) is 14.3. The van der Waals surface area contributed by atoms with Gasteiger partial charge in [0.15, 0.2) is 11.4 Å². The number of benzene rings is 2. The van der Waals surface area contributed by atoms with Crippen LogP contribution in [0.5, 0.6) is 5.75 Å². The molecule has 0 spiro atoms. The molecule has 2 aromatic carbocycles. The predicted octanol–water partition coefficient (Wildman–Crippen LogP) is 2.74. The van der Waals surface area contributed by atoms with E-state index in [0.29, 0.717) is 0 Å². The van der Waals surface area contributed by atoms with Gasteiger partial charge in [-0.3, -0.25) is 4.90 Å². The number of methoxy groups -OCH3 is 1. The van der Waals surface area contributed by atoms with E-state index in [1.54, 1.807) is 11.8 Å². The van der Waals surface area contributed by atoms with Gasteiger partial charge < -0.3 is 14.2 Å². The van der Waals surface area contributed by atoms with Gasteiger partial charge in [-0.2, -0.15) is 0 Å². The van der Waals surface area contributed by atoms with E-state index >= 15 is 0 Å². The van der Waals surface area contributed by atoms with Gasteiger partial charge in [0, 0.05) is 32.7 Å². The van der Waals surface area contributed by atoms with Gasteiger partial charge in [-0.1, -0.05) is 22.5 Å². The number of anilines is 1. The molecule has 29 heavy (non-hydrogen) atoms. The average molecular weight is 390 g/mol. The van der Waals surface area contributed by atoms with Crippen LogP contribution in [0.2, 0.25) is 0 Å². The molecule has 0 amide bonds. The molecule has 0 radical (unpaired) electrons. The molecule has 0 aliphatic carbocycles. The van der Waals surface area contributed by atoms with Gasteiger partial charge in [-0.05, 0) is 36.4 Å². The SMILES string of the molecule is COc1ccc(-n2cc(CN3CCN(c4noc5ccccc45)CC3)nn2)cc1. The van der Waals surface area contributed by atoms with E-state index in [-0.39, 0.29) is 0 Å². The molecule has 3 heterocycles. The zero-order valence-corrected chi connectivity index (χ0v) is 16.2. The van der Waals surface area contributed by atoms with Gasteiger partial charge >= 0.3 is 0 Å². The first kappa shape index (κ1) is 17.7. The average Bonchev–Trinajstić information content (AvgIpc) is 3.42. The van der Waals surface area contributed by atoms with Crippen LogP contribution in [0, 0.1) is 0 Å². The second-order valence-corrected chi connectivity index (χ2v) is 7.12. The Labute approximate surface area is 168 Å². The molecule has 1 fully saturated rings. The van der Waals surface area contributed by atoms with Crippen molar-refractivity contribution in [3.05, 3.63) is 60.4 Å². The second kappa shape index (κ2) is 7.56. The monoisotopic (exact) mass is 390 g/mol. The van der Waals surface area contributed by atoms with Gasteiger partial charge in [-0.15, -0.1) is 5.10 Å². The molecular formula is C21H22N6O2. The van der Waals surface area contributed by atoms with Gasteiger partial charge in [0.25, 0.3) is 0 Å². The van der Waals surface area contributed by atoms with E-state index < -0.39 is 0 Å². The van der Waals surface area contributed by atoms with Crippen LogP contribution in [0.15, 0.2) is 59.3 Å². The maximum absolute atomic E-state index is 5.45. The minimum atomic E-state index is 0.781. The van der Waals surface area contributed by atoms with Crippen molar-refractivity contribution >= 4 is 16.8 Å².